The number of nitrogens with zero attached hydrogens (tertiary/aromatic N) is 4. The normalized spacial score (nSPS) is 10.7. The lowest BCUT2D eigenvalue weighted by molar-refractivity contribution is -0.113. The molecule has 0 fully saturated rings. The number of amides is 1. The van der Waals surface area contributed by atoms with E-state index >= 15 is 0 Å². The van der Waals surface area contributed by atoms with E-state index in [0.717, 1.165) is 16.8 Å². The molecular formula is C22H18ClN5OS. The molecule has 0 saturated carbocycles. The van der Waals surface area contributed by atoms with E-state index in [2.05, 4.69) is 20.5 Å². The Balaban J connectivity index is 1.58. The summed E-state index contributed by atoms with van der Waals surface area (Å²) >= 11 is 7.21. The molecule has 2 aromatic heterocycles. The molecule has 2 heterocycles. The Labute approximate surface area is 183 Å². The van der Waals surface area contributed by atoms with Gasteiger partial charge in [0.1, 0.15) is 0 Å². The predicted octanol–water partition coefficient (Wildman–Crippen LogP) is 5.02. The Kier molecular flexibility index (Phi) is 6.11. The van der Waals surface area contributed by atoms with E-state index in [1.807, 2.05) is 47.9 Å². The summed E-state index contributed by atoms with van der Waals surface area (Å²) in [6.45, 7) is 2.04. The minimum atomic E-state index is -0.135. The van der Waals surface area contributed by atoms with Gasteiger partial charge in [-0.15, -0.1) is 10.2 Å². The van der Waals surface area contributed by atoms with Crippen molar-refractivity contribution in [3.8, 4) is 17.1 Å². The summed E-state index contributed by atoms with van der Waals surface area (Å²) in [5.74, 6) is 0.732. The Morgan fingerprint density at radius 2 is 1.83 bits per heavy atom. The Bertz CT molecular complexity index is 1140. The van der Waals surface area contributed by atoms with Gasteiger partial charge in [-0.1, -0.05) is 41.1 Å². The molecule has 2 aromatic carbocycles. The number of hydrogen-bond donors (Lipinski definition) is 1. The van der Waals surface area contributed by atoms with Crippen molar-refractivity contribution in [2.75, 3.05) is 11.1 Å². The zero-order chi connectivity index (χ0) is 20.9. The second-order valence-electron chi connectivity index (χ2n) is 6.56. The van der Waals surface area contributed by atoms with Crippen molar-refractivity contribution >= 4 is 35.0 Å². The van der Waals surface area contributed by atoms with E-state index < -0.39 is 0 Å². The number of rotatable bonds is 6. The third-order valence-corrected chi connectivity index (χ3v) is 5.49. The second-order valence-corrected chi connectivity index (χ2v) is 7.94. The monoisotopic (exact) mass is 435 g/mol. The van der Waals surface area contributed by atoms with Crippen LogP contribution < -0.4 is 5.32 Å². The highest BCUT2D eigenvalue weighted by atomic mass is 35.5. The molecule has 0 unspecified atom stereocenters. The molecule has 30 heavy (non-hydrogen) atoms. The fourth-order valence-corrected chi connectivity index (χ4v) is 3.71. The SMILES string of the molecule is Cc1ccc(-n2c(SCC(=O)Nc3ccc(Cl)cc3)nnc2-c2cccnc2)cc1. The largest absolute Gasteiger partial charge is 0.325 e. The number of pyridine rings is 1. The first-order chi connectivity index (χ1) is 14.6. The van der Waals surface area contributed by atoms with E-state index in [0.29, 0.717) is 21.7 Å². The third-order valence-electron chi connectivity index (χ3n) is 4.31. The highest BCUT2D eigenvalue weighted by Gasteiger charge is 2.17. The van der Waals surface area contributed by atoms with Gasteiger partial charge in [0.05, 0.1) is 5.75 Å². The number of hydrogen-bond acceptors (Lipinski definition) is 5. The van der Waals surface area contributed by atoms with Crippen molar-refractivity contribution in [3.63, 3.8) is 0 Å². The van der Waals surface area contributed by atoms with E-state index in [-0.39, 0.29) is 11.7 Å². The van der Waals surface area contributed by atoms with Gasteiger partial charge in [0.2, 0.25) is 5.91 Å². The molecule has 0 bridgehead atoms. The maximum Gasteiger partial charge on any atom is 0.234 e. The molecule has 0 aliphatic heterocycles. The summed E-state index contributed by atoms with van der Waals surface area (Å²) in [5, 5.41) is 12.8. The summed E-state index contributed by atoms with van der Waals surface area (Å²) in [5.41, 5.74) is 3.63. The molecule has 1 N–H and O–H groups in total. The van der Waals surface area contributed by atoms with Crippen molar-refractivity contribution in [2.24, 2.45) is 0 Å². The van der Waals surface area contributed by atoms with Gasteiger partial charge >= 0.3 is 0 Å². The third kappa shape index (κ3) is 4.69. The predicted molar refractivity (Wildman–Crippen MR) is 120 cm³/mol. The topological polar surface area (TPSA) is 72.7 Å². The number of aromatic nitrogens is 4. The van der Waals surface area contributed by atoms with Crippen molar-refractivity contribution in [1.29, 1.82) is 0 Å². The Hall–Kier alpha value is -3.16. The number of carbonyl (C=O) groups is 1. The molecule has 8 heteroatoms. The number of benzene rings is 2. The lowest BCUT2D eigenvalue weighted by Gasteiger charge is -2.11. The van der Waals surface area contributed by atoms with Crippen LogP contribution in [0.15, 0.2) is 78.2 Å². The zero-order valence-electron chi connectivity index (χ0n) is 16.1. The van der Waals surface area contributed by atoms with Crippen LogP contribution in [0.1, 0.15) is 5.56 Å². The molecular weight excluding hydrogens is 418 g/mol. The van der Waals surface area contributed by atoms with Crippen LogP contribution in [0.5, 0.6) is 0 Å². The minimum absolute atomic E-state index is 0.135. The van der Waals surface area contributed by atoms with Crippen LogP contribution in [0.4, 0.5) is 5.69 Å². The maximum atomic E-state index is 12.4. The molecule has 0 aliphatic rings. The Morgan fingerprint density at radius 1 is 1.07 bits per heavy atom. The highest BCUT2D eigenvalue weighted by molar-refractivity contribution is 7.99. The van der Waals surface area contributed by atoms with E-state index in [9.17, 15) is 4.79 Å². The first-order valence-electron chi connectivity index (χ1n) is 9.21. The molecule has 4 rings (SSSR count). The lowest BCUT2D eigenvalue weighted by Crippen LogP contribution is -2.14. The zero-order valence-corrected chi connectivity index (χ0v) is 17.7. The molecule has 0 aliphatic carbocycles. The first kappa shape index (κ1) is 20.1. The maximum absolute atomic E-state index is 12.4. The Morgan fingerprint density at radius 3 is 2.53 bits per heavy atom. The smallest absolute Gasteiger partial charge is 0.234 e. The summed E-state index contributed by atoms with van der Waals surface area (Å²) in [4.78, 5) is 16.6. The van der Waals surface area contributed by atoms with Gasteiger partial charge in [0, 0.05) is 34.4 Å². The number of thioether (sulfide) groups is 1. The van der Waals surface area contributed by atoms with Crippen molar-refractivity contribution in [2.45, 2.75) is 12.1 Å². The number of anilines is 1. The average molecular weight is 436 g/mol. The quantitative estimate of drug-likeness (QED) is 0.430. The molecule has 4 aromatic rings. The van der Waals surface area contributed by atoms with Gasteiger partial charge in [-0.05, 0) is 55.5 Å². The average Bonchev–Trinajstić information content (AvgIpc) is 3.19. The molecule has 0 saturated heterocycles. The van der Waals surface area contributed by atoms with Crippen molar-refractivity contribution in [3.05, 3.63) is 83.6 Å². The molecule has 0 spiro atoms. The minimum Gasteiger partial charge on any atom is -0.325 e. The van der Waals surface area contributed by atoms with Crippen LogP contribution in [0.2, 0.25) is 5.02 Å². The van der Waals surface area contributed by atoms with Crippen LogP contribution in [-0.4, -0.2) is 31.4 Å². The second kappa shape index (κ2) is 9.11. The van der Waals surface area contributed by atoms with Gasteiger partial charge in [-0.2, -0.15) is 0 Å². The standard InChI is InChI=1S/C22H18ClN5OS/c1-15-4-10-19(11-5-15)28-21(16-3-2-12-24-13-16)26-27-22(28)30-14-20(29)25-18-8-6-17(23)7-9-18/h2-13H,14H2,1H3,(H,25,29). The van der Waals surface area contributed by atoms with Gasteiger partial charge in [-0.25, -0.2) is 0 Å². The van der Waals surface area contributed by atoms with Crippen LogP contribution in [0.25, 0.3) is 17.1 Å². The van der Waals surface area contributed by atoms with Gasteiger partial charge in [0.15, 0.2) is 11.0 Å². The fraction of sp³-hybridized carbons (Fsp3) is 0.0909. The molecule has 150 valence electrons. The van der Waals surface area contributed by atoms with Crippen LogP contribution in [-0.2, 0) is 4.79 Å². The summed E-state index contributed by atoms with van der Waals surface area (Å²) in [6.07, 6.45) is 3.46. The van der Waals surface area contributed by atoms with E-state index in [1.165, 1.54) is 11.8 Å². The number of carbonyl (C=O) groups excluding carboxylic acids is 1. The molecule has 0 atom stereocenters. The van der Waals surface area contributed by atoms with Crippen molar-refractivity contribution < 1.29 is 4.79 Å². The first-order valence-corrected chi connectivity index (χ1v) is 10.6. The lowest BCUT2D eigenvalue weighted by atomic mass is 10.2. The van der Waals surface area contributed by atoms with Crippen molar-refractivity contribution in [1.82, 2.24) is 19.7 Å². The fourth-order valence-electron chi connectivity index (χ4n) is 2.83. The van der Waals surface area contributed by atoms with Gasteiger partial charge < -0.3 is 5.32 Å². The summed E-state index contributed by atoms with van der Waals surface area (Å²) in [7, 11) is 0. The van der Waals surface area contributed by atoms with Crippen LogP contribution in [0, 0.1) is 6.92 Å². The van der Waals surface area contributed by atoms with Gasteiger partial charge in [0.25, 0.3) is 0 Å². The molecule has 0 radical (unpaired) electrons. The van der Waals surface area contributed by atoms with E-state index in [4.69, 9.17) is 11.6 Å². The van der Waals surface area contributed by atoms with E-state index in [1.54, 1.807) is 36.7 Å². The number of aryl methyl sites for hydroxylation is 1. The summed E-state index contributed by atoms with van der Waals surface area (Å²) < 4.78 is 1.94. The summed E-state index contributed by atoms with van der Waals surface area (Å²) in [6, 6.07) is 18.9. The van der Waals surface area contributed by atoms with Crippen LogP contribution >= 0.6 is 23.4 Å². The number of halogens is 1. The highest BCUT2D eigenvalue weighted by Crippen LogP contribution is 2.28. The molecule has 1 amide bonds. The van der Waals surface area contributed by atoms with Gasteiger partial charge in [-0.3, -0.25) is 14.3 Å². The number of nitrogens with one attached hydrogen (secondary N) is 1. The molecule has 6 nitrogen and oxygen atoms in total. The van der Waals surface area contributed by atoms with Crippen LogP contribution in [0.3, 0.4) is 0 Å².